The molecule has 22 heavy (non-hydrogen) atoms. The maximum atomic E-state index is 11.3. The van der Waals surface area contributed by atoms with Gasteiger partial charge in [0.1, 0.15) is 5.75 Å². The van der Waals surface area contributed by atoms with Gasteiger partial charge in [-0.15, -0.1) is 0 Å². The minimum atomic E-state index is -1.06. The van der Waals surface area contributed by atoms with E-state index in [4.69, 9.17) is 9.47 Å². The van der Waals surface area contributed by atoms with E-state index in [1.54, 1.807) is 0 Å². The molecule has 0 aliphatic heterocycles. The van der Waals surface area contributed by atoms with Gasteiger partial charge in [0, 0.05) is 18.6 Å². The summed E-state index contributed by atoms with van der Waals surface area (Å²) in [6.07, 6.45) is 1.86. The van der Waals surface area contributed by atoms with Crippen LogP contribution in [0.15, 0.2) is 24.3 Å². The first-order chi connectivity index (χ1) is 10.5. The number of benzene rings is 1. The quantitative estimate of drug-likeness (QED) is 0.181. The maximum absolute atomic E-state index is 11.3. The molecule has 0 unspecified atom stereocenters. The van der Waals surface area contributed by atoms with Crippen molar-refractivity contribution < 1.29 is 28.7 Å². The third-order valence-corrected chi connectivity index (χ3v) is 2.63. The molecule has 0 saturated carbocycles. The minimum Gasteiger partial charge on any atom is -0.428 e. The van der Waals surface area contributed by atoms with Crippen molar-refractivity contribution in [3.8, 4) is 5.75 Å². The second-order valence-corrected chi connectivity index (χ2v) is 4.34. The van der Waals surface area contributed by atoms with Crippen LogP contribution in [0.25, 0.3) is 0 Å². The lowest BCUT2D eigenvalue weighted by Crippen LogP contribution is -2.15. The van der Waals surface area contributed by atoms with E-state index < -0.39 is 23.8 Å². The molecule has 0 aliphatic carbocycles. The Kier molecular flexibility index (Phi) is 7.38. The predicted octanol–water partition coefficient (Wildman–Crippen LogP) is 3.19. The number of nitrogens with zero attached hydrogens (tertiary/aromatic N) is 1. The highest BCUT2D eigenvalue weighted by Gasteiger charge is 2.10. The van der Waals surface area contributed by atoms with Gasteiger partial charge in [-0.25, -0.2) is 4.79 Å². The number of carbonyl (C=O) groups excluding carboxylic acids is 2. The zero-order valence-corrected chi connectivity index (χ0v) is 12.1. The van der Waals surface area contributed by atoms with E-state index in [1.807, 2.05) is 6.92 Å². The maximum Gasteiger partial charge on any atom is 0.516 e. The van der Waals surface area contributed by atoms with Gasteiger partial charge in [0.2, 0.25) is 6.79 Å². The van der Waals surface area contributed by atoms with Crippen LogP contribution in [0.5, 0.6) is 5.75 Å². The van der Waals surface area contributed by atoms with Gasteiger partial charge in [-0.1, -0.05) is 19.8 Å². The van der Waals surface area contributed by atoms with Gasteiger partial charge >= 0.3 is 12.1 Å². The van der Waals surface area contributed by atoms with Gasteiger partial charge in [-0.2, -0.15) is 0 Å². The Bertz CT molecular complexity index is 512. The van der Waals surface area contributed by atoms with E-state index in [1.165, 1.54) is 24.3 Å². The Morgan fingerprint density at radius 1 is 1.14 bits per heavy atom. The second-order valence-electron chi connectivity index (χ2n) is 4.34. The average Bonchev–Trinajstić information content (AvgIpc) is 2.48. The zero-order chi connectivity index (χ0) is 16.4. The molecule has 0 spiro atoms. The molecule has 8 heteroatoms. The lowest BCUT2D eigenvalue weighted by Gasteiger charge is -2.06. The van der Waals surface area contributed by atoms with Crippen molar-refractivity contribution in [3.05, 3.63) is 34.4 Å². The Morgan fingerprint density at radius 3 is 2.41 bits per heavy atom. The normalized spacial score (nSPS) is 9.86. The van der Waals surface area contributed by atoms with Crippen LogP contribution < -0.4 is 4.74 Å². The van der Waals surface area contributed by atoms with E-state index in [0.717, 1.165) is 19.3 Å². The number of rotatable bonds is 8. The minimum absolute atomic E-state index is 0.0878. The molecule has 0 aliphatic rings. The zero-order valence-electron chi connectivity index (χ0n) is 12.1. The summed E-state index contributed by atoms with van der Waals surface area (Å²) in [5.41, 5.74) is -0.123. The molecule has 1 aromatic rings. The summed E-state index contributed by atoms with van der Waals surface area (Å²) in [4.78, 5) is 32.4. The Labute approximate surface area is 127 Å². The smallest absolute Gasteiger partial charge is 0.428 e. The van der Waals surface area contributed by atoms with Gasteiger partial charge in [-0.3, -0.25) is 14.9 Å². The number of non-ortho nitro benzene ring substituents is 1. The molecule has 0 saturated heterocycles. The summed E-state index contributed by atoms with van der Waals surface area (Å²) in [7, 11) is 0. The van der Waals surface area contributed by atoms with E-state index in [2.05, 4.69) is 4.74 Å². The summed E-state index contributed by atoms with van der Waals surface area (Å²) >= 11 is 0. The lowest BCUT2D eigenvalue weighted by atomic mass is 10.2. The number of nitro groups is 1. The van der Waals surface area contributed by atoms with Gasteiger partial charge in [0.15, 0.2) is 0 Å². The van der Waals surface area contributed by atoms with Gasteiger partial charge in [0.05, 0.1) is 4.92 Å². The van der Waals surface area contributed by atoms with E-state index in [9.17, 15) is 19.7 Å². The molecule has 0 heterocycles. The topological polar surface area (TPSA) is 105 Å². The van der Waals surface area contributed by atoms with Crippen LogP contribution in [0.4, 0.5) is 10.5 Å². The third-order valence-electron chi connectivity index (χ3n) is 2.63. The molecule has 1 rings (SSSR count). The fraction of sp³-hybridized carbons (Fsp3) is 0.429. The van der Waals surface area contributed by atoms with Crippen LogP contribution in [-0.2, 0) is 14.3 Å². The molecule has 0 radical (unpaired) electrons. The molecule has 0 atom stereocenters. The lowest BCUT2D eigenvalue weighted by molar-refractivity contribution is -0.384. The van der Waals surface area contributed by atoms with Crippen molar-refractivity contribution >= 4 is 17.8 Å². The summed E-state index contributed by atoms with van der Waals surface area (Å²) in [6, 6.07) is 4.90. The number of hydrogen-bond donors (Lipinski definition) is 0. The van der Waals surface area contributed by atoms with Crippen molar-refractivity contribution in [1.82, 2.24) is 0 Å². The largest absolute Gasteiger partial charge is 0.516 e. The van der Waals surface area contributed by atoms with Crippen LogP contribution in [-0.4, -0.2) is 23.8 Å². The SMILES string of the molecule is CCCCCC(=O)OCOC(=O)Oc1ccc([N+](=O)[O-])cc1. The molecule has 120 valence electrons. The van der Waals surface area contributed by atoms with E-state index in [0.29, 0.717) is 0 Å². The number of nitro benzene ring substituents is 1. The molecule has 0 amide bonds. The summed E-state index contributed by atoms with van der Waals surface area (Å²) in [5.74, 6) is -0.360. The molecule has 0 N–H and O–H groups in total. The summed E-state index contributed by atoms with van der Waals surface area (Å²) < 4.78 is 14.0. The van der Waals surface area contributed by atoms with Gasteiger partial charge in [0.25, 0.3) is 5.69 Å². The number of hydrogen-bond acceptors (Lipinski definition) is 7. The number of carbonyl (C=O) groups is 2. The Morgan fingerprint density at radius 2 is 1.82 bits per heavy atom. The molecule has 1 aromatic carbocycles. The molecular weight excluding hydrogens is 294 g/mol. The molecule has 0 aromatic heterocycles. The Hall–Kier alpha value is -2.64. The fourth-order valence-corrected chi connectivity index (χ4v) is 1.50. The van der Waals surface area contributed by atoms with E-state index in [-0.39, 0.29) is 17.9 Å². The molecule has 8 nitrogen and oxygen atoms in total. The molecular formula is C14H17NO7. The van der Waals surface area contributed by atoms with Crippen molar-refractivity contribution in [2.45, 2.75) is 32.6 Å². The van der Waals surface area contributed by atoms with Crippen LogP contribution >= 0.6 is 0 Å². The van der Waals surface area contributed by atoms with E-state index >= 15 is 0 Å². The second kappa shape index (κ2) is 9.32. The highest BCUT2D eigenvalue weighted by molar-refractivity contribution is 5.69. The van der Waals surface area contributed by atoms with Crippen LogP contribution in [0.3, 0.4) is 0 Å². The summed E-state index contributed by atoms with van der Waals surface area (Å²) in [5, 5.41) is 10.5. The molecule has 0 fully saturated rings. The van der Waals surface area contributed by atoms with Crippen LogP contribution in [0.2, 0.25) is 0 Å². The highest BCUT2D eigenvalue weighted by atomic mass is 16.8. The molecule has 0 bridgehead atoms. The predicted molar refractivity (Wildman–Crippen MR) is 75.3 cm³/mol. The van der Waals surface area contributed by atoms with Gasteiger partial charge in [-0.05, 0) is 18.6 Å². The number of unbranched alkanes of at least 4 members (excludes halogenated alkanes) is 2. The third kappa shape index (κ3) is 6.69. The van der Waals surface area contributed by atoms with Crippen molar-refractivity contribution in [2.24, 2.45) is 0 Å². The number of esters is 1. The standard InChI is InChI=1S/C14H17NO7/c1-2-3-4-5-13(16)20-10-21-14(17)22-12-8-6-11(7-9-12)15(18)19/h6-9H,2-5,10H2,1H3. The monoisotopic (exact) mass is 311 g/mol. The first-order valence-corrected chi connectivity index (χ1v) is 6.77. The van der Waals surface area contributed by atoms with Crippen molar-refractivity contribution in [2.75, 3.05) is 6.79 Å². The summed E-state index contributed by atoms with van der Waals surface area (Å²) in [6.45, 7) is 1.49. The van der Waals surface area contributed by atoms with Crippen LogP contribution in [0, 0.1) is 10.1 Å². The fourth-order valence-electron chi connectivity index (χ4n) is 1.50. The van der Waals surface area contributed by atoms with Crippen LogP contribution in [0.1, 0.15) is 32.6 Å². The Balaban J connectivity index is 2.25. The first-order valence-electron chi connectivity index (χ1n) is 6.77. The first kappa shape index (κ1) is 17.4. The van der Waals surface area contributed by atoms with Crippen molar-refractivity contribution in [3.63, 3.8) is 0 Å². The highest BCUT2D eigenvalue weighted by Crippen LogP contribution is 2.17. The van der Waals surface area contributed by atoms with Gasteiger partial charge < -0.3 is 14.2 Å². The van der Waals surface area contributed by atoms with Crippen molar-refractivity contribution in [1.29, 1.82) is 0 Å². The number of ether oxygens (including phenoxy) is 3. The average molecular weight is 311 g/mol.